The molecule has 1 aromatic carbocycles. The lowest BCUT2D eigenvalue weighted by atomic mass is 10.2. The van der Waals surface area contributed by atoms with Gasteiger partial charge in [-0.3, -0.25) is 0 Å². The summed E-state index contributed by atoms with van der Waals surface area (Å²) in [5.74, 6) is 0.691. The summed E-state index contributed by atoms with van der Waals surface area (Å²) in [5, 5.41) is 4.69. The first-order chi connectivity index (χ1) is 7.66. The molecule has 0 aliphatic rings. The zero-order valence-corrected chi connectivity index (χ0v) is 11.3. The first-order valence-corrected chi connectivity index (χ1v) is 6.43. The Bertz CT molecular complexity index is 474. The Morgan fingerprint density at radius 2 is 2.19 bits per heavy atom. The van der Waals surface area contributed by atoms with Crippen molar-refractivity contribution in [2.24, 2.45) is 5.92 Å². The van der Waals surface area contributed by atoms with Crippen LogP contribution >= 0.6 is 15.9 Å². The number of aromatic amines is 1. The molecule has 0 unspecified atom stereocenters. The van der Waals surface area contributed by atoms with E-state index < -0.39 is 0 Å². The lowest BCUT2D eigenvalue weighted by Gasteiger charge is -2.05. The average molecular weight is 281 g/mol. The van der Waals surface area contributed by atoms with Crippen LogP contribution in [0.3, 0.4) is 0 Å². The molecule has 2 rings (SSSR count). The molecule has 0 saturated heterocycles. The third-order valence-corrected chi connectivity index (χ3v) is 3.19. The van der Waals surface area contributed by atoms with Gasteiger partial charge in [-0.05, 0) is 40.5 Å². The highest BCUT2D eigenvalue weighted by Crippen LogP contribution is 2.23. The Morgan fingerprint density at radius 1 is 1.38 bits per heavy atom. The number of hydrogen-bond donors (Lipinski definition) is 2. The predicted molar refractivity (Wildman–Crippen MR) is 72.5 cm³/mol. The fourth-order valence-electron chi connectivity index (χ4n) is 1.77. The fourth-order valence-corrected chi connectivity index (χ4v) is 2.25. The fraction of sp³-hybridized carbons (Fsp3) is 0.385. The van der Waals surface area contributed by atoms with E-state index in [1.54, 1.807) is 0 Å². The van der Waals surface area contributed by atoms with Crippen molar-refractivity contribution in [2.75, 3.05) is 6.54 Å². The van der Waals surface area contributed by atoms with Crippen LogP contribution in [0, 0.1) is 5.92 Å². The van der Waals surface area contributed by atoms with Gasteiger partial charge in [0, 0.05) is 22.1 Å². The lowest BCUT2D eigenvalue weighted by Crippen LogP contribution is -2.19. The van der Waals surface area contributed by atoms with Gasteiger partial charge in [-0.15, -0.1) is 0 Å². The summed E-state index contributed by atoms with van der Waals surface area (Å²) < 4.78 is 1.13. The zero-order chi connectivity index (χ0) is 11.5. The van der Waals surface area contributed by atoms with E-state index in [4.69, 9.17) is 0 Å². The standard InChI is InChI=1S/C13H17BrN2/c1-9(2)7-15-8-11-6-10-4-3-5-12(14)13(10)16-11/h3-6,9,15-16H,7-8H2,1-2H3. The average Bonchev–Trinajstić information content (AvgIpc) is 2.61. The Kier molecular flexibility index (Phi) is 3.66. The number of fused-ring (bicyclic) bond motifs is 1. The number of halogens is 1. The first kappa shape index (κ1) is 11.7. The zero-order valence-electron chi connectivity index (χ0n) is 9.68. The highest BCUT2D eigenvalue weighted by molar-refractivity contribution is 9.10. The van der Waals surface area contributed by atoms with Crippen LogP contribution in [0.25, 0.3) is 10.9 Å². The molecule has 0 bridgehead atoms. The van der Waals surface area contributed by atoms with E-state index in [-0.39, 0.29) is 0 Å². The van der Waals surface area contributed by atoms with Crippen LogP contribution in [0.15, 0.2) is 28.7 Å². The predicted octanol–water partition coefficient (Wildman–Crippen LogP) is 3.68. The van der Waals surface area contributed by atoms with Gasteiger partial charge >= 0.3 is 0 Å². The van der Waals surface area contributed by atoms with E-state index >= 15 is 0 Å². The van der Waals surface area contributed by atoms with Crippen molar-refractivity contribution in [2.45, 2.75) is 20.4 Å². The van der Waals surface area contributed by atoms with Gasteiger partial charge in [-0.1, -0.05) is 26.0 Å². The number of para-hydroxylation sites is 1. The van der Waals surface area contributed by atoms with Gasteiger partial charge in [0.25, 0.3) is 0 Å². The maximum Gasteiger partial charge on any atom is 0.0600 e. The molecule has 1 aromatic heterocycles. The minimum Gasteiger partial charge on any atom is -0.356 e. The largest absolute Gasteiger partial charge is 0.356 e. The molecule has 0 fully saturated rings. The normalized spacial score (nSPS) is 11.5. The molecule has 0 spiro atoms. The second-order valence-electron chi connectivity index (χ2n) is 4.52. The maximum atomic E-state index is 3.55. The highest BCUT2D eigenvalue weighted by atomic mass is 79.9. The van der Waals surface area contributed by atoms with Crippen LogP contribution in [-0.2, 0) is 6.54 Å². The molecule has 2 aromatic rings. The van der Waals surface area contributed by atoms with Crippen LogP contribution in [0.2, 0.25) is 0 Å². The van der Waals surface area contributed by atoms with Gasteiger partial charge in [-0.2, -0.15) is 0 Å². The van der Waals surface area contributed by atoms with E-state index in [9.17, 15) is 0 Å². The van der Waals surface area contributed by atoms with Crippen molar-refractivity contribution in [3.63, 3.8) is 0 Å². The van der Waals surface area contributed by atoms with E-state index in [2.05, 4.69) is 64.3 Å². The van der Waals surface area contributed by atoms with Crippen molar-refractivity contribution < 1.29 is 0 Å². The van der Waals surface area contributed by atoms with Crippen LogP contribution in [0.4, 0.5) is 0 Å². The van der Waals surface area contributed by atoms with E-state index in [1.807, 2.05) is 0 Å². The molecule has 2 N–H and O–H groups in total. The molecule has 0 atom stereocenters. The molecule has 0 amide bonds. The molecule has 0 aliphatic carbocycles. The lowest BCUT2D eigenvalue weighted by molar-refractivity contribution is 0.549. The van der Waals surface area contributed by atoms with Crippen molar-refractivity contribution in [3.8, 4) is 0 Å². The third-order valence-electron chi connectivity index (χ3n) is 2.53. The molecule has 2 nitrogen and oxygen atoms in total. The summed E-state index contributed by atoms with van der Waals surface area (Å²) >= 11 is 3.55. The number of aromatic nitrogens is 1. The highest BCUT2D eigenvalue weighted by Gasteiger charge is 2.03. The topological polar surface area (TPSA) is 27.8 Å². The Hall–Kier alpha value is -0.800. The van der Waals surface area contributed by atoms with Gasteiger partial charge in [0.05, 0.1) is 5.52 Å². The molecular formula is C13H17BrN2. The number of rotatable bonds is 4. The van der Waals surface area contributed by atoms with Crippen LogP contribution in [-0.4, -0.2) is 11.5 Å². The minimum absolute atomic E-state index is 0.691. The van der Waals surface area contributed by atoms with Crippen molar-refractivity contribution in [3.05, 3.63) is 34.4 Å². The molecule has 0 radical (unpaired) electrons. The molecule has 3 heteroatoms. The Labute approximate surface area is 105 Å². The van der Waals surface area contributed by atoms with Gasteiger partial charge in [0.2, 0.25) is 0 Å². The summed E-state index contributed by atoms with van der Waals surface area (Å²) in [7, 11) is 0. The first-order valence-electron chi connectivity index (χ1n) is 5.63. The van der Waals surface area contributed by atoms with Crippen molar-refractivity contribution in [1.82, 2.24) is 10.3 Å². The SMILES string of the molecule is CC(C)CNCc1cc2cccc(Br)c2[nH]1. The molecule has 0 aliphatic heterocycles. The smallest absolute Gasteiger partial charge is 0.0600 e. The summed E-state index contributed by atoms with van der Waals surface area (Å²) in [5.41, 5.74) is 2.42. The molecule has 86 valence electrons. The third kappa shape index (κ3) is 2.66. The van der Waals surface area contributed by atoms with E-state index in [0.717, 1.165) is 17.6 Å². The summed E-state index contributed by atoms with van der Waals surface area (Å²) in [6.45, 7) is 6.39. The van der Waals surface area contributed by atoms with E-state index in [0.29, 0.717) is 5.92 Å². The van der Waals surface area contributed by atoms with E-state index in [1.165, 1.54) is 16.6 Å². The van der Waals surface area contributed by atoms with Crippen LogP contribution in [0.5, 0.6) is 0 Å². The van der Waals surface area contributed by atoms with Crippen molar-refractivity contribution in [1.29, 1.82) is 0 Å². The summed E-state index contributed by atoms with van der Waals surface area (Å²) in [4.78, 5) is 3.43. The summed E-state index contributed by atoms with van der Waals surface area (Å²) in [6, 6.07) is 8.45. The molecule has 16 heavy (non-hydrogen) atoms. The monoisotopic (exact) mass is 280 g/mol. The van der Waals surface area contributed by atoms with Gasteiger partial charge in [0.1, 0.15) is 0 Å². The molecular weight excluding hydrogens is 264 g/mol. The van der Waals surface area contributed by atoms with Crippen LogP contribution < -0.4 is 5.32 Å². The van der Waals surface area contributed by atoms with Crippen molar-refractivity contribution >= 4 is 26.8 Å². The second kappa shape index (κ2) is 5.02. The second-order valence-corrected chi connectivity index (χ2v) is 5.38. The Balaban J connectivity index is 2.11. The molecule has 1 heterocycles. The number of H-pyrrole nitrogens is 1. The van der Waals surface area contributed by atoms with Gasteiger partial charge < -0.3 is 10.3 Å². The Morgan fingerprint density at radius 3 is 2.88 bits per heavy atom. The minimum atomic E-state index is 0.691. The summed E-state index contributed by atoms with van der Waals surface area (Å²) in [6.07, 6.45) is 0. The van der Waals surface area contributed by atoms with Gasteiger partial charge in [-0.25, -0.2) is 0 Å². The number of hydrogen-bond acceptors (Lipinski definition) is 1. The number of benzene rings is 1. The van der Waals surface area contributed by atoms with Crippen LogP contribution in [0.1, 0.15) is 19.5 Å². The number of nitrogens with one attached hydrogen (secondary N) is 2. The molecule has 0 saturated carbocycles. The quantitative estimate of drug-likeness (QED) is 0.879. The maximum absolute atomic E-state index is 3.55. The van der Waals surface area contributed by atoms with Gasteiger partial charge in [0.15, 0.2) is 0 Å².